The quantitative estimate of drug-likeness (QED) is 0.788. The van der Waals surface area contributed by atoms with E-state index in [-0.39, 0.29) is 0 Å². The molecule has 0 aromatic carbocycles. The van der Waals surface area contributed by atoms with Crippen molar-refractivity contribution in [2.45, 2.75) is 26.3 Å². The molecular formula is C11H19N3O. The molecule has 15 heavy (non-hydrogen) atoms. The third kappa shape index (κ3) is 2.58. The second kappa shape index (κ2) is 4.77. The summed E-state index contributed by atoms with van der Waals surface area (Å²) in [5, 5.41) is 10.5. The summed E-state index contributed by atoms with van der Waals surface area (Å²) in [7, 11) is 0. The van der Waals surface area contributed by atoms with Crippen LogP contribution in [0.5, 0.6) is 0 Å². The fourth-order valence-electron chi connectivity index (χ4n) is 1.99. The third-order valence-corrected chi connectivity index (χ3v) is 3.07. The highest BCUT2D eigenvalue weighted by atomic mass is 16.5. The minimum absolute atomic E-state index is 0.365. The molecule has 84 valence electrons. The molecule has 4 heteroatoms. The first-order chi connectivity index (χ1) is 7.27. The van der Waals surface area contributed by atoms with Gasteiger partial charge in [0.15, 0.2) is 0 Å². The number of H-pyrrole nitrogens is 1. The molecule has 2 heterocycles. The summed E-state index contributed by atoms with van der Waals surface area (Å²) in [4.78, 5) is 0. The zero-order valence-corrected chi connectivity index (χ0v) is 9.42. The van der Waals surface area contributed by atoms with Crippen LogP contribution in [0.15, 0.2) is 6.20 Å². The van der Waals surface area contributed by atoms with Gasteiger partial charge in [0.25, 0.3) is 0 Å². The lowest BCUT2D eigenvalue weighted by atomic mass is 10.1. The van der Waals surface area contributed by atoms with Gasteiger partial charge in [0.2, 0.25) is 0 Å². The van der Waals surface area contributed by atoms with Gasteiger partial charge in [-0.25, -0.2) is 0 Å². The first-order valence-corrected chi connectivity index (χ1v) is 5.58. The van der Waals surface area contributed by atoms with Crippen molar-refractivity contribution < 1.29 is 4.74 Å². The van der Waals surface area contributed by atoms with Gasteiger partial charge in [-0.3, -0.25) is 5.10 Å². The standard InChI is InChI=1S/C11H19N3O/c1-8(11-6-13-14-9(11)2)12-5-10-3-4-15-7-10/h6,8,10,12H,3-5,7H2,1-2H3,(H,13,14). The lowest BCUT2D eigenvalue weighted by molar-refractivity contribution is 0.184. The van der Waals surface area contributed by atoms with E-state index in [2.05, 4.69) is 29.4 Å². The molecule has 0 radical (unpaired) electrons. The van der Waals surface area contributed by atoms with Crippen molar-refractivity contribution in [3.05, 3.63) is 17.5 Å². The van der Waals surface area contributed by atoms with Crippen molar-refractivity contribution in [2.75, 3.05) is 19.8 Å². The van der Waals surface area contributed by atoms with Gasteiger partial charge in [0.1, 0.15) is 0 Å². The number of hydrogen-bond acceptors (Lipinski definition) is 3. The van der Waals surface area contributed by atoms with E-state index >= 15 is 0 Å². The molecule has 2 atom stereocenters. The third-order valence-electron chi connectivity index (χ3n) is 3.07. The van der Waals surface area contributed by atoms with E-state index in [1.165, 1.54) is 12.0 Å². The molecule has 0 aliphatic carbocycles. The Labute approximate surface area is 90.4 Å². The SMILES string of the molecule is Cc1[nH]ncc1C(C)NCC1CCOC1. The van der Waals surface area contributed by atoms with Crippen LogP contribution in [-0.2, 0) is 4.74 Å². The molecule has 1 saturated heterocycles. The maximum Gasteiger partial charge on any atom is 0.0537 e. The summed E-state index contributed by atoms with van der Waals surface area (Å²) in [5.41, 5.74) is 2.41. The average Bonchev–Trinajstić information content (AvgIpc) is 2.84. The number of rotatable bonds is 4. The van der Waals surface area contributed by atoms with E-state index in [0.717, 1.165) is 25.5 Å². The summed E-state index contributed by atoms with van der Waals surface area (Å²) < 4.78 is 5.35. The van der Waals surface area contributed by atoms with Crippen LogP contribution in [0.4, 0.5) is 0 Å². The highest BCUT2D eigenvalue weighted by molar-refractivity contribution is 5.18. The van der Waals surface area contributed by atoms with E-state index in [9.17, 15) is 0 Å². The summed E-state index contributed by atoms with van der Waals surface area (Å²) in [6.45, 7) is 7.09. The van der Waals surface area contributed by atoms with Gasteiger partial charge < -0.3 is 10.1 Å². The molecule has 0 amide bonds. The van der Waals surface area contributed by atoms with Crippen LogP contribution in [0.25, 0.3) is 0 Å². The largest absolute Gasteiger partial charge is 0.381 e. The van der Waals surface area contributed by atoms with Crippen LogP contribution >= 0.6 is 0 Å². The van der Waals surface area contributed by atoms with Crippen LogP contribution < -0.4 is 5.32 Å². The van der Waals surface area contributed by atoms with E-state index in [0.29, 0.717) is 12.0 Å². The minimum Gasteiger partial charge on any atom is -0.381 e. The monoisotopic (exact) mass is 209 g/mol. The molecule has 2 rings (SSSR count). The molecule has 2 N–H and O–H groups in total. The van der Waals surface area contributed by atoms with Gasteiger partial charge in [-0.2, -0.15) is 5.10 Å². The number of aryl methyl sites for hydroxylation is 1. The first-order valence-electron chi connectivity index (χ1n) is 5.58. The van der Waals surface area contributed by atoms with Crippen LogP contribution in [0.1, 0.15) is 30.6 Å². The Kier molecular flexibility index (Phi) is 3.38. The van der Waals surface area contributed by atoms with Crippen molar-refractivity contribution in [2.24, 2.45) is 5.92 Å². The Hall–Kier alpha value is -0.870. The number of nitrogens with zero attached hydrogens (tertiary/aromatic N) is 1. The Morgan fingerprint density at radius 3 is 3.20 bits per heavy atom. The van der Waals surface area contributed by atoms with Crippen molar-refractivity contribution >= 4 is 0 Å². The van der Waals surface area contributed by atoms with Crippen LogP contribution in [0.3, 0.4) is 0 Å². The maximum atomic E-state index is 5.35. The molecule has 2 unspecified atom stereocenters. The molecule has 4 nitrogen and oxygen atoms in total. The summed E-state index contributed by atoms with van der Waals surface area (Å²) in [6.07, 6.45) is 3.09. The zero-order valence-electron chi connectivity index (χ0n) is 9.42. The van der Waals surface area contributed by atoms with Crippen molar-refractivity contribution in [3.63, 3.8) is 0 Å². The normalized spacial score (nSPS) is 23.2. The van der Waals surface area contributed by atoms with Gasteiger partial charge in [-0.05, 0) is 26.2 Å². The fraction of sp³-hybridized carbons (Fsp3) is 0.727. The van der Waals surface area contributed by atoms with E-state index in [1.54, 1.807) is 0 Å². The number of ether oxygens (including phenoxy) is 1. The summed E-state index contributed by atoms with van der Waals surface area (Å²) in [6, 6.07) is 0.365. The Balaban J connectivity index is 1.81. The van der Waals surface area contributed by atoms with Crippen LogP contribution in [0.2, 0.25) is 0 Å². The maximum absolute atomic E-state index is 5.35. The molecule has 1 aliphatic heterocycles. The molecule has 1 aromatic rings. The predicted molar refractivity (Wildman–Crippen MR) is 58.7 cm³/mol. The average molecular weight is 209 g/mol. The molecule has 1 aromatic heterocycles. The van der Waals surface area contributed by atoms with Crippen LogP contribution in [0, 0.1) is 12.8 Å². The molecular weight excluding hydrogens is 190 g/mol. The van der Waals surface area contributed by atoms with Crippen molar-refractivity contribution in [1.29, 1.82) is 0 Å². The number of nitrogens with one attached hydrogen (secondary N) is 2. The Morgan fingerprint density at radius 2 is 2.60 bits per heavy atom. The lowest BCUT2D eigenvalue weighted by Gasteiger charge is -2.15. The Bertz CT molecular complexity index is 305. The van der Waals surface area contributed by atoms with E-state index in [4.69, 9.17) is 4.74 Å². The first kappa shape index (κ1) is 10.6. The highest BCUT2D eigenvalue weighted by Gasteiger charge is 2.17. The molecule has 1 aliphatic rings. The number of aromatic amines is 1. The second-order valence-electron chi connectivity index (χ2n) is 4.31. The van der Waals surface area contributed by atoms with E-state index < -0.39 is 0 Å². The molecule has 1 fully saturated rings. The van der Waals surface area contributed by atoms with Gasteiger partial charge in [-0.1, -0.05) is 0 Å². The number of aromatic nitrogens is 2. The minimum atomic E-state index is 0.365. The van der Waals surface area contributed by atoms with Crippen molar-refractivity contribution in [1.82, 2.24) is 15.5 Å². The van der Waals surface area contributed by atoms with Crippen LogP contribution in [-0.4, -0.2) is 30.0 Å². The molecule has 0 bridgehead atoms. The van der Waals surface area contributed by atoms with Gasteiger partial charge in [-0.15, -0.1) is 0 Å². The Morgan fingerprint density at radius 1 is 1.73 bits per heavy atom. The number of hydrogen-bond donors (Lipinski definition) is 2. The van der Waals surface area contributed by atoms with Gasteiger partial charge in [0, 0.05) is 30.5 Å². The van der Waals surface area contributed by atoms with Crippen molar-refractivity contribution in [3.8, 4) is 0 Å². The molecule has 0 saturated carbocycles. The summed E-state index contributed by atoms with van der Waals surface area (Å²) >= 11 is 0. The molecule has 0 spiro atoms. The lowest BCUT2D eigenvalue weighted by Crippen LogP contribution is -2.26. The highest BCUT2D eigenvalue weighted by Crippen LogP contribution is 2.16. The zero-order chi connectivity index (χ0) is 10.7. The smallest absolute Gasteiger partial charge is 0.0537 e. The van der Waals surface area contributed by atoms with E-state index in [1.807, 2.05) is 6.20 Å². The van der Waals surface area contributed by atoms with Gasteiger partial charge >= 0.3 is 0 Å². The topological polar surface area (TPSA) is 49.9 Å². The summed E-state index contributed by atoms with van der Waals surface area (Å²) in [5.74, 6) is 0.680. The fourth-order valence-corrected chi connectivity index (χ4v) is 1.99. The second-order valence-corrected chi connectivity index (χ2v) is 4.31. The van der Waals surface area contributed by atoms with Gasteiger partial charge in [0.05, 0.1) is 12.8 Å². The predicted octanol–water partition coefficient (Wildman–Crippen LogP) is 1.41.